The van der Waals surface area contributed by atoms with E-state index < -0.39 is 0 Å². The zero-order valence-electron chi connectivity index (χ0n) is 8.17. The normalized spacial score (nSPS) is 9.93. The Morgan fingerprint density at radius 1 is 1.79 bits per heavy atom. The summed E-state index contributed by atoms with van der Waals surface area (Å²) < 4.78 is 1.57. The van der Waals surface area contributed by atoms with Crippen molar-refractivity contribution in [1.82, 2.24) is 15.1 Å². The topological polar surface area (TPSA) is 46.9 Å². The van der Waals surface area contributed by atoms with Crippen LogP contribution in [-0.4, -0.2) is 22.2 Å². The van der Waals surface area contributed by atoms with Gasteiger partial charge in [-0.25, -0.2) is 0 Å². The molecular formula is C9H12ClN3O. The number of rotatable bonds is 3. The lowest BCUT2D eigenvalue weighted by Crippen LogP contribution is -2.24. The van der Waals surface area contributed by atoms with Crippen molar-refractivity contribution in [3.8, 4) is 0 Å². The summed E-state index contributed by atoms with van der Waals surface area (Å²) in [4.78, 5) is 11.5. The number of aromatic nitrogens is 2. The third kappa shape index (κ3) is 1.96. The molecule has 0 saturated carbocycles. The number of hydrogen-bond acceptors (Lipinski definition) is 2. The minimum absolute atomic E-state index is 0.258. The summed E-state index contributed by atoms with van der Waals surface area (Å²) in [7, 11) is 1.74. The van der Waals surface area contributed by atoms with Gasteiger partial charge in [-0.05, 0) is 6.92 Å². The van der Waals surface area contributed by atoms with Crippen LogP contribution in [0.1, 0.15) is 16.2 Å². The summed E-state index contributed by atoms with van der Waals surface area (Å²) in [6.07, 6.45) is 1.60. The maximum atomic E-state index is 11.5. The summed E-state index contributed by atoms with van der Waals surface area (Å²) in [5.41, 5.74) is 1.03. The van der Waals surface area contributed by atoms with E-state index in [9.17, 15) is 4.79 Å². The van der Waals surface area contributed by atoms with E-state index >= 15 is 0 Å². The fraction of sp³-hybridized carbons (Fsp3) is 0.333. The van der Waals surface area contributed by atoms with Crippen molar-refractivity contribution in [3.05, 3.63) is 29.1 Å². The standard InChI is InChI=1S/C9H12ClN3O/c1-4-5-11-9(14)8-7(10)6(2)13(3)12-8/h4H,1,5H2,2-3H3,(H,11,14). The van der Waals surface area contributed by atoms with Crippen LogP contribution in [0.15, 0.2) is 12.7 Å². The summed E-state index contributed by atoms with van der Waals surface area (Å²) in [6, 6.07) is 0. The molecule has 0 unspecified atom stereocenters. The average Bonchev–Trinajstić information content (AvgIpc) is 2.42. The molecule has 0 aliphatic heterocycles. The van der Waals surface area contributed by atoms with Gasteiger partial charge < -0.3 is 5.32 Å². The summed E-state index contributed by atoms with van der Waals surface area (Å²) in [5.74, 6) is -0.279. The van der Waals surface area contributed by atoms with Gasteiger partial charge in [0.05, 0.1) is 10.7 Å². The van der Waals surface area contributed by atoms with Crippen LogP contribution in [0, 0.1) is 6.92 Å². The highest BCUT2D eigenvalue weighted by atomic mass is 35.5. The second kappa shape index (κ2) is 4.28. The number of hydrogen-bond donors (Lipinski definition) is 1. The maximum Gasteiger partial charge on any atom is 0.273 e. The Hall–Kier alpha value is -1.29. The van der Waals surface area contributed by atoms with E-state index in [0.717, 1.165) is 5.69 Å². The lowest BCUT2D eigenvalue weighted by atomic mass is 10.3. The third-order valence-electron chi connectivity index (χ3n) is 1.88. The Morgan fingerprint density at radius 3 is 2.86 bits per heavy atom. The van der Waals surface area contributed by atoms with Crippen LogP contribution in [0.25, 0.3) is 0 Å². The Morgan fingerprint density at radius 2 is 2.43 bits per heavy atom. The maximum absolute atomic E-state index is 11.5. The highest BCUT2D eigenvalue weighted by molar-refractivity contribution is 6.34. The van der Waals surface area contributed by atoms with E-state index in [1.54, 1.807) is 24.7 Å². The highest BCUT2D eigenvalue weighted by Gasteiger charge is 2.16. The second-order valence-corrected chi connectivity index (χ2v) is 3.25. The van der Waals surface area contributed by atoms with Crippen LogP contribution in [0.2, 0.25) is 5.02 Å². The van der Waals surface area contributed by atoms with Gasteiger partial charge >= 0.3 is 0 Å². The largest absolute Gasteiger partial charge is 0.347 e. The summed E-state index contributed by atoms with van der Waals surface area (Å²) in [5, 5.41) is 7.01. The molecule has 0 bridgehead atoms. The first-order chi connectivity index (χ1) is 6.57. The molecule has 0 aliphatic carbocycles. The van der Waals surface area contributed by atoms with Crippen molar-refractivity contribution in [3.63, 3.8) is 0 Å². The fourth-order valence-electron chi connectivity index (χ4n) is 0.976. The van der Waals surface area contributed by atoms with Gasteiger partial charge in [-0.1, -0.05) is 17.7 Å². The summed E-state index contributed by atoms with van der Waals surface area (Å²) in [6.45, 7) is 5.71. The number of nitrogens with one attached hydrogen (secondary N) is 1. The Balaban J connectivity index is 2.90. The quantitative estimate of drug-likeness (QED) is 0.770. The molecule has 4 nitrogen and oxygen atoms in total. The SMILES string of the molecule is C=CCNC(=O)c1nn(C)c(C)c1Cl. The van der Waals surface area contributed by atoms with Crippen molar-refractivity contribution in [2.45, 2.75) is 6.92 Å². The lowest BCUT2D eigenvalue weighted by molar-refractivity contribution is 0.0952. The van der Waals surface area contributed by atoms with Crippen molar-refractivity contribution in [2.24, 2.45) is 7.05 Å². The molecule has 1 N–H and O–H groups in total. The average molecular weight is 214 g/mol. The van der Waals surface area contributed by atoms with Crippen molar-refractivity contribution in [1.29, 1.82) is 0 Å². The number of amides is 1. The van der Waals surface area contributed by atoms with Gasteiger partial charge in [-0.3, -0.25) is 9.48 Å². The van der Waals surface area contributed by atoms with Crippen LogP contribution in [0.5, 0.6) is 0 Å². The second-order valence-electron chi connectivity index (χ2n) is 2.87. The Kier molecular flexibility index (Phi) is 3.30. The fourth-order valence-corrected chi connectivity index (χ4v) is 1.22. The number of carbonyl (C=O) groups excluding carboxylic acids is 1. The molecule has 0 aromatic carbocycles. The first-order valence-corrected chi connectivity index (χ1v) is 4.54. The molecule has 1 rings (SSSR count). The Labute approximate surface area is 87.6 Å². The zero-order chi connectivity index (χ0) is 10.7. The van der Waals surface area contributed by atoms with E-state index in [0.29, 0.717) is 11.6 Å². The van der Waals surface area contributed by atoms with Gasteiger partial charge in [0, 0.05) is 13.6 Å². The molecule has 5 heteroatoms. The van der Waals surface area contributed by atoms with Gasteiger partial charge in [0.1, 0.15) is 0 Å². The Bertz CT molecular complexity index is 370. The molecule has 0 fully saturated rings. The van der Waals surface area contributed by atoms with Gasteiger partial charge in [0.15, 0.2) is 5.69 Å². The van der Waals surface area contributed by atoms with Crippen LogP contribution in [-0.2, 0) is 7.05 Å². The van der Waals surface area contributed by atoms with Crippen LogP contribution in [0.3, 0.4) is 0 Å². The van der Waals surface area contributed by atoms with E-state index in [1.165, 1.54) is 0 Å². The lowest BCUT2D eigenvalue weighted by Gasteiger charge is -1.97. The molecular weight excluding hydrogens is 202 g/mol. The van der Waals surface area contributed by atoms with Gasteiger partial charge in [0.2, 0.25) is 0 Å². The first-order valence-electron chi connectivity index (χ1n) is 4.16. The smallest absolute Gasteiger partial charge is 0.273 e. The van der Waals surface area contributed by atoms with Gasteiger partial charge in [0.25, 0.3) is 5.91 Å². The number of nitrogens with zero attached hydrogens (tertiary/aromatic N) is 2. The third-order valence-corrected chi connectivity index (χ3v) is 2.34. The van der Waals surface area contributed by atoms with Crippen molar-refractivity contribution < 1.29 is 4.79 Å². The number of aryl methyl sites for hydroxylation is 1. The van der Waals surface area contributed by atoms with Crippen molar-refractivity contribution >= 4 is 17.5 Å². The highest BCUT2D eigenvalue weighted by Crippen LogP contribution is 2.18. The van der Waals surface area contributed by atoms with Crippen molar-refractivity contribution in [2.75, 3.05) is 6.54 Å². The van der Waals surface area contributed by atoms with E-state index in [1.807, 2.05) is 0 Å². The molecule has 0 saturated heterocycles. The van der Waals surface area contributed by atoms with E-state index in [-0.39, 0.29) is 11.6 Å². The molecule has 1 heterocycles. The molecule has 14 heavy (non-hydrogen) atoms. The van der Waals surface area contributed by atoms with E-state index in [4.69, 9.17) is 11.6 Å². The molecule has 0 atom stereocenters. The number of carbonyl (C=O) groups is 1. The minimum Gasteiger partial charge on any atom is -0.347 e. The van der Waals surface area contributed by atoms with Gasteiger partial charge in [-0.15, -0.1) is 6.58 Å². The molecule has 0 aliphatic rings. The molecule has 1 aromatic rings. The summed E-state index contributed by atoms with van der Waals surface area (Å²) >= 11 is 5.92. The predicted octanol–water partition coefficient (Wildman–Crippen LogP) is 1.30. The number of halogens is 1. The van der Waals surface area contributed by atoms with Crippen LogP contribution in [0.4, 0.5) is 0 Å². The minimum atomic E-state index is -0.279. The first kappa shape index (κ1) is 10.8. The molecule has 76 valence electrons. The monoisotopic (exact) mass is 213 g/mol. The van der Waals surface area contributed by atoms with Crippen LogP contribution < -0.4 is 5.32 Å². The van der Waals surface area contributed by atoms with Crippen LogP contribution >= 0.6 is 11.6 Å². The predicted molar refractivity (Wildman–Crippen MR) is 55.5 cm³/mol. The van der Waals surface area contributed by atoms with Gasteiger partial charge in [-0.2, -0.15) is 5.10 Å². The van der Waals surface area contributed by atoms with E-state index in [2.05, 4.69) is 17.0 Å². The zero-order valence-corrected chi connectivity index (χ0v) is 8.93. The molecule has 1 aromatic heterocycles. The molecule has 0 spiro atoms. The molecule has 0 radical (unpaired) electrons. The molecule has 1 amide bonds.